The maximum absolute atomic E-state index is 11.9. The highest BCUT2D eigenvalue weighted by Crippen LogP contribution is 2.24. The van der Waals surface area contributed by atoms with Crippen molar-refractivity contribution in [3.63, 3.8) is 0 Å². The van der Waals surface area contributed by atoms with Gasteiger partial charge in [-0.25, -0.2) is 9.78 Å². The topological polar surface area (TPSA) is 65.5 Å². The Morgan fingerprint density at radius 1 is 1.25 bits per heavy atom. The van der Waals surface area contributed by atoms with Crippen molar-refractivity contribution in [3.8, 4) is 0 Å². The van der Waals surface area contributed by atoms with E-state index in [1.165, 1.54) is 37.6 Å². The van der Waals surface area contributed by atoms with Gasteiger partial charge in [-0.05, 0) is 25.0 Å². The molecule has 1 aromatic rings. The molecule has 1 saturated carbocycles. The number of pyridine rings is 1. The highest BCUT2D eigenvalue weighted by molar-refractivity contribution is 6.11. The lowest BCUT2D eigenvalue weighted by atomic mass is 10.2. The zero-order valence-corrected chi connectivity index (χ0v) is 11.5. The van der Waals surface area contributed by atoms with E-state index in [0.717, 1.165) is 10.7 Å². The quantitative estimate of drug-likeness (QED) is 0.854. The van der Waals surface area contributed by atoms with Crippen LogP contribution in [0.15, 0.2) is 18.3 Å². The Balaban J connectivity index is 1.70. The zero-order valence-electron chi connectivity index (χ0n) is 11.5. The molecule has 2 aliphatic rings. The van der Waals surface area contributed by atoms with Crippen molar-refractivity contribution in [1.82, 2.24) is 9.88 Å². The Morgan fingerprint density at radius 3 is 2.55 bits per heavy atom. The van der Waals surface area contributed by atoms with Gasteiger partial charge in [0.1, 0.15) is 12.4 Å². The molecule has 1 saturated heterocycles. The highest BCUT2D eigenvalue weighted by atomic mass is 16.2. The predicted molar refractivity (Wildman–Crippen MR) is 75.6 cm³/mol. The van der Waals surface area contributed by atoms with Gasteiger partial charge in [0, 0.05) is 13.1 Å². The first-order chi connectivity index (χ1) is 9.65. The normalized spacial score (nSPS) is 20.1. The molecule has 0 unspecified atom stereocenters. The summed E-state index contributed by atoms with van der Waals surface area (Å²) < 4.78 is 0. The molecular weight excluding hydrogens is 256 g/mol. The first-order valence-electron chi connectivity index (χ1n) is 6.96. The van der Waals surface area contributed by atoms with Crippen LogP contribution in [0.3, 0.4) is 0 Å². The van der Waals surface area contributed by atoms with Crippen molar-refractivity contribution in [2.75, 3.05) is 23.8 Å². The van der Waals surface area contributed by atoms with Gasteiger partial charge in [-0.2, -0.15) is 0 Å². The van der Waals surface area contributed by atoms with Crippen molar-refractivity contribution in [1.29, 1.82) is 0 Å². The van der Waals surface area contributed by atoms with Gasteiger partial charge in [-0.3, -0.25) is 14.6 Å². The van der Waals surface area contributed by atoms with Gasteiger partial charge in [0.25, 0.3) is 0 Å². The van der Waals surface area contributed by atoms with E-state index in [0.29, 0.717) is 11.7 Å². The van der Waals surface area contributed by atoms with E-state index in [-0.39, 0.29) is 18.5 Å². The largest absolute Gasteiger partial charge is 0.367 e. The van der Waals surface area contributed by atoms with E-state index < -0.39 is 0 Å². The molecule has 2 fully saturated rings. The molecule has 1 N–H and O–H groups in total. The molecule has 3 rings (SSSR count). The van der Waals surface area contributed by atoms with Crippen LogP contribution in [-0.4, -0.2) is 41.5 Å². The zero-order chi connectivity index (χ0) is 14.1. The number of anilines is 2. The number of hydrogen-bond donors (Lipinski definition) is 1. The number of carbonyl (C=O) groups excluding carboxylic acids is 2. The molecule has 20 heavy (non-hydrogen) atoms. The minimum absolute atomic E-state index is 0.0897. The number of imide groups is 1. The summed E-state index contributed by atoms with van der Waals surface area (Å²) in [5.41, 5.74) is 0.657. The standard InChI is InChI=1S/C14H18N4O2/c1-17-13(19)9-18(14(17)20)11-6-7-12(15-8-11)16-10-4-2-3-5-10/h6-8,10H,2-5,9H2,1H3,(H,15,16). The number of likely N-dealkylation sites (N-methyl/N-ethyl adjacent to an activating group) is 1. The number of urea groups is 1. The molecule has 0 aromatic carbocycles. The Hall–Kier alpha value is -2.11. The van der Waals surface area contributed by atoms with Crippen LogP contribution in [-0.2, 0) is 4.79 Å². The first kappa shape index (κ1) is 12.9. The van der Waals surface area contributed by atoms with Crippen molar-refractivity contribution >= 4 is 23.4 Å². The van der Waals surface area contributed by atoms with Gasteiger partial charge >= 0.3 is 6.03 Å². The SMILES string of the molecule is CN1C(=O)CN(c2ccc(NC3CCCC3)nc2)C1=O. The molecule has 1 aromatic heterocycles. The van der Waals surface area contributed by atoms with Crippen LogP contribution in [0.1, 0.15) is 25.7 Å². The molecule has 6 heteroatoms. The Labute approximate surface area is 117 Å². The van der Waals surface area contributed by atoms with Crippen molar-refractivity contribution in [2.24, 2.45) is 0 Å². The number of carbonyl (C=O) groups is 2. The average molecular weight is 274 g/mol. The van der Waals surface area contributed by atoms with E-state index in [1.807, 2.05) is 12.1 Å². The van der Waals surface area contributed by atoms with Gasteiger partial charge in [-0.1, -0.05) is 12.8 Å². The fourth-order valence-electron chi connectivity index (χ4n) is 2.71. The summed E-state index contributed by atoms with van der Waals surface area (Å²) in [6.45, 7) is 0.0897. The second-order valence-corrected chi connectivity index (χ2v) is 5.35. The fourth-order valence-corrected chi connectivity index (χ4v) is 2.71. The molecule has 1 aliphatic carbocycles. The molecule has 2 heterocycles. The second-order valence-electron chi connectivity index (χ2n) is 5.35. The van der Waals surface area contributed by atoms with Crippen molar-refractivity contribution in [2.45, 2.75) is 31.7 Å². The number of rotatable bonds is 3. The van der Waals surface area contributed by atoms with E-state index >= 15 is 0 Å². The molecule has 106 valence electrons. The summed E-state index contributed by atoms with van der Waals surface area (Å²) >= 11 is 0. The van der Waals surface area contributed by atoms with E-state index in [4.69, 9.17) is 0 Å². The van der Waals surface area contributed by atoms with Crippen LogP contribution >= 0.6 is 0 Å². The Kier molecular flexibility index (Phi) is 3.30. The number of hydrogen-bond acceptors (Lipinski definition) is 4. The number of nitrogens with zero attached hydrogens (tertiary/aromatic N) is 3. The maximum Gasteiger partial charge on any atom is 0.331 e. The van der Waals surface area contributed by atoms with Crippen LogP contribution in [0.5, 0.6) is 0 Å². The third kappa shape index (κ3) is 2.33. The predicted octanol–water partition coefficient (Wildman–Crippen LogP) is 1.83. The lowest BCUT2D eigenvalue weighted by Gasteiger charge is -2.16. The summed E-state index contributed by atoms with van der Waals surface area (Å²) in [7, 11) is 1.49. The third-order valence-electron chi connectivity index (χ3n) is 3.95. The third-order valence-corrected chi connectivity index (χ3v) is 3.95. The van der Waals surface area contributed by atoms with Crippen LogP contribution < -0.4 is 10.2 Å². The second kappa shape index (κ2) is 5.11. The summed E-state index contributed by atoms with van der Waals surface area (Å²) in [6.07, 6.45) is 6.56. The van der Waals surface area contributed by atoms with Crippen molar-refractivity contribution < 1.29 is 9.59 Å². The lowest BCUT2D eigenvalue weighted by molar-refractivity contribution is -0.123. The minimum Gasteiger partial charge on any atom is -0.367 e. The molecule has 1 aliphatic heterocycles. The van der Waals surface area contributed by atoms with Crippen LogP contribution in [0.25, 0.3) is 0 Å². The summed E-state index contributed by atoms with van der Waals surface area (Å²) in [4.78, 5) is 30.3. The molecule has 0 spiro atoms. The van der Waals surface area contributed by atoms with E-state index in [1.54, 1.807) is 6.20 Å². The van der Waals surface area contributed by atoms with Gasteiger partial charge in [0.2, 0.25) is 5.91 Å². The highest BCUT2D eigenvalue weighted by Gasteiger charge is 2.34. The summed E-state index contributed by atoms with van der Waals surface area (Å²) in [5.74, 6) is 0.634. The number of amides is 3. The van der Waals surface area contributed by atoms with Crippen LogP contribution in [0.2, 0.25) is 0 Å². The monoisotopic (exact) mass is 274 g/mol. The molecule has 0 atom stereocenters. The Bertz CT molecular complexity index is 522. The first-order valence-corrected chi connectivity index (χ1v) is 6.96. The van der Waals surface area contributed by atoms with Gasteiger partial charge in [0.05, 0.1) is 11.9 Å². The number of aromatic nitrogens is 1. The average Bonchev–Trinajstić information content (AvgIpc) is 3.04. The smallest absolute Gasteiger partial charge is 0.331 e. The van der Waals surface area contributed by atoms with E-state index in [2.05, 4.69) is 10.3 Å². The molecule has 3 amide bonds. The summed E-state index contributed by atoms with van der Waals surface area (Å²) in [6, 6.07) is 3.90. The molecule has 0 bridgehead atoms. The van der Waals surface area contributed by atoms with E-state index in [9.17, 15) is 9.59 Å². The van der Waals surface area contributed by atoms with Gasteiger partial charge in [0.15, 0.2) is 0 Å². The number of nitrogens with one attached hydrogen (secondary N) is 1. The lowest BCUT2D eigenvalue weighted by Crippen LogP contribution is -2.29. The molecular formula is C14H18N4O2. The van der Waals surface area contributed by atoms with Crippen LogP contribution in [0, 0.1) is 0 Å². The van der Waals surface area contributed by atoms with Crippen molar-refractivity contribution in [3.05, 3.63) is 18.3 Å². The summed E-state index contributed by atoms with van der Waals surface area (Å²) in [5, 5.41) is 3.40. The van der Waals surface area contributed by atoms with Gasteiger partial charge < -0.3 is 5.32 Å². The minimum atomic E-state index is -0.298. The van der Waals surface area contributed by atoms with Crippen LogP contribution in [0.4, 0.5) is 16.3 Å². The fraction of sp³-hybridized carbons (Fsp3) is 0.500. The molecule has 0 radical (unpaired) electrons. The molecule has 6 nitrogen and oxygen atoms in total. The Morgan fingerprint density at radius 2 is 2.00 bits per heavy atom. The van der Waals surface area contributed by atoms with Gasteiger partial charge in [-0.15, -0.1) is 0 Å². The maximum atomic E-state index is 11.9.